The predicted molar refractivity (Wildman–Crippen MR) is 87.2 cm³/mol. The Morgan fingerprint density at radius 1 is 1.14 bits per heavy atom. The Morgan fingerprint density at radius 2 is 1.82 bits per heavy atom. The van der Waals surface area contributed by atoms with Crippen LogP contribution in [-0.4, -0.2) is 19.7 Å². The average molecular weight is 297 g/mol. The van der Waals surface area contributed by atoms with Crippen molar-refractivity contribution in [2.45, 2.75) is 6.61 Å². The summed E-state index contributed by atoms with van der Waals surface area (Å²) in [7, 11) is 1.36. The Labute approximate surface area is 130 Å². The summed E-state index contributed by atoms with van der Waals surface area (Å²) in [5.74, 6) is 0.783. The molecule has 0 radical (unpaired) electrons. The third kappa shape index (κ3) is 3.88. The molecule has 0 saturated carbocycles. The molecule has 4 nitrogen and oxygen atoms in total. The third-order valence-corrected chi connectivity index (χ3v) is 3.13. The van der Waals surface area contributed by atoms with Gasteiger partial charge in [0.25, 0.3) is 0 Å². The molecular formula is C18H19NO3. The molecule has 2 rings (SSSR count). The standard InChI is InChI=1S/C18H19NO3/c1-3-13-19(18(20)21-2)17-12-8-7-9-15(17)14-22-16-10-5-4-6-11-16/h3-12H,1,13-14H2,2H3. The van der Waals surface area contributed by atoms with Crippen molar-refractivity contribution in [3.8, 4) is 5.75 Å². The lowest BCUT2D eigenvalue weighted by atomic mass is 10.1. The minimum Gasteiger partial charge on any atom is -0.489 e. The van der Waals surface area contributed by atoms with E-state index in [0.717, 1.165) is 17.0 Å². The number of methoxy groups -OCH3 is 1. The van der Waals surface area contributed by atoms with Crippen LogP contribution in [0.15, 0.2) is 67.3 Å². The molecule has 0 unspecified atom stereocenters. The van der Waals surface area contributed by atoms with Crippen molar-refractivity contribution in [2.75, 3.05) is 18.6 Å². The molecule has 0 N–H and O–H groups in total. The third-order valence-electron chi connectivity index (χ3n) is 3.13. The number of hydrogen-bond acceptors (Lipinski definition) is 3. The van der Waals surface area contributed by atoms with E-state index >= 15 is 0 Å². The second-order valence-electron chi connectivity index (χ2n) is 4.60. The van der Waals surface area contributed by atoms with Crippen molar-refractivity contribution in [2.24, 2.45) is 0 Å². The maximum absolute atomic E-state index is 11.9. The fraction of sp³-hybridized carbons (Fsp3) is 0.167. The smallest absolute Gasteiger partial charge is 0.414 e. The van der Waals surface area contributed by atoms with Crippen LogP contribution in [0.2, 0.25) is 0 Å². The van der Waals surface area contributed by atoms with E-state index in [9.17, 15) is 4.79 Å². The molecule has 0 atom stereocenters. The van der Waals surface area contributed by atoms with Gasteiger partial charge in [-0.25, -0.2) is 4.79 Å². The van der Waals surface area contributed by atoms with E-state index in [2.05, 4.69) is 6.58 Å². The molecule has 4 heteroatoms. The SMILES string of the molecule is C=CCN(C(=O)OC)c1ccccc1COc1ccccc1. The van der Waals surface area contributed by atoms with Gasteiger partial charge in [-0.05, 0) is 18.2 Å². The maximum atomic E-state index is 11.9. The van der Waals surface area contributed by atoms with Gasteiger partial charge in [-0.3, -0.25) is 4.90 Å². The maximum Gasteiger partial charge on any atom is 0.414 e. The van der Waals surface area contributed by atoms with E-state index in [1.54, 1.807) is 6.08 Å². The molecule has 0 aliphatic carbocycles. The van der Waals surface area contributed by atoms with Gasteiger partial charge in [0.15, 0.2) is 0 Å². The first-order valence-electron chi connectivity index (χ1n) is 6.98. The predicted octanol–water partition coefficient (Wildman–Crippen LogP) is 4.02. The monoisotopic (exact) mass is 297 g/mol. The van der Waals surface area contributed by atoms with Crippen LogP contribution in [0.4, 0.5) is 10.5 Å². The normalized spacial score (nSPS) is 9.86. The Bertz CT molecular complexity index is 625. The summed E-state index contributed by atoms with van der Waals surface area (Å²) in [6.07, 6.45) is 1.23. The largest absolute Gasteiger partial charge is 0.489 e. The van der Waals surface area contributed by atoms with E-state index in [-0.39, 0.29) is 0 Å². The van der Waals surface area contributed by atoms with Crippen LogP contribution in [0.25, 0.3) is 0 Å². The van der Waals surface area contributed by atoms with Gasteiger partial charge in [0, 0.05) is 12.1 Å². The highest BCUT2D eigenvalue weighted by Gasteiger charge is 2.17. The van der Waals surface area contributed by atoms with E-state index in [0.29, 0.717) is 13.2 Å². The van der Waals surface area contributed by atoms with Gasteiger partial charge in [-0.2, -0.15) is 0 Å². The molecule has 0 saturated heterocycles. The minimum absolute atomic E-state index is 0.366. The number of para-hydroxylation sites is 2. The van der Waals surface area contributed by atoms with Crippen molar-refractivity contribution < 1.29 is 14.3 Å². The summed E-state index contributed by atoms with van der Waals surface area (Å²) in [5.41, 5.74) is 1.66. The van der Waals surface area contributed by atoms with E-state index in [1.807, 2.05) is 54.6 Å². The number of rotatable bonds is 6. The second-order valence-corrected chi connectivity index (χ2v) is 4.60. The van der Waals surface area contributed by atoms with Gasteiger partial charge in [0.05, 0.1) is 12.8 Å². The molecule has 2 aromatic carbocycles. The highest BCUT2D eigenvalue weighted by Crippen LogP contribution is 2.23. The first-order valence-corrected chi connectivity index (χ1v) is 6.98. The van der Waals surface area contributed by atoms with Crippen LogP contribution in [0.1, 0.15) is 5.56 Å². The number of nitrogens with zero attached hydrogens (tertiary/aromatic N) is 1. The molecule has 0 heterocycles. The number of benzene rings is 2. The molecule has 1 amide bonds. The van der Waals surface area contributed by atoms with Crippen LogP contribution >= 0.6 is 0 Å². The van der Waals surface area contributed by atoms with Crippen molar-refractivity contribution >= 4 is 11.8 Å². The molecule has 2 aromatic rings. The lowest BCUT2D eigenvalue weighted by molar-refractivity contribution is 0.179. The van der Waals surface area contributed by atoms with E-state index in [1.165, 1.54) is 12.0 Å². The quantitative estimate of drug-likeness (QED) is 0.756. The zero-order valence-corrected chi connectivity index (χ0v) is 12.6. The highest BCUT2D eigenvalue weighted by molar-refractivity contribution is 5.88. The van der Waals surface area contributed by atoms with Crippen LogP contribution in [0, 0.1) is 0 Å². The minimum atomic E-state index is -0.424. The Morgan fingerprint density at radius 3 is 2.50 bits per heavy atom. The van der Waals surface area contributed by atoms with E-state index < -0.39 is 6.09 Å². The summed E-state index contributed by atoms with van der Waals surface area (Å²) >= 11 is 0. The summed E-state index contributed by atoms with van der Waals surface area (Å²) in [5, 5.41) is 0. The zero-order chi connectivity index (χ0) is 15.8. The van der Waals surface area contributed by atoms with Gasteiger partial charge >= 0.3 is 6.09 Å². The van der Waals surface area contributed by atoms with Crippen molar-refractivity contribution in [3.05, 3.63) is 72.8 Å². The molecule has 0 fully saturated rings. The lowest BCUT2D eigenvalue weighted by Crippen LogP contribution is -2.31. The molecule has 114 valence electrons. The van der Waals surface area contributed by atoms with Crippen molar-refractivity contribution in [1.82, 2.24) is 0 Å². The molecule has 22 heavy (non-hydrogen) atoms. The van der Waals surface area contributed by atoms with Crippen LogP contribution in [-0.2, 0) is 11.3 Å². The fourth-order valence-corrected chi connectivity index (χ4v) is 2.08. The number of anilines is 1. The molecule has 0 aliphatic heterocycles. The first-order chi connectivity index (χ1) is 10.8. The zero-order valence-electron chi connectivity index (χ0n) is 12.6. The summed E-state index contributed by atoms with van der Waals surface area (Å²) in [6.45, 7) is 4.42. The Hall–Kier alpha value is -2.75. The van der Waals surface area contributed by atoms with Gasteiger partial charge in [0.1, 0.15) is 12.4 Å². The molecule has 0 spiro atoms. The van der Waals surface area contributed by atoms with Gasteiger partial charge in [-0.1, -0.05) is 42.5 Å². The van der Waals surface area contributed by atoms with Gasteiger partial charge < -0.3 is 9.47 Å². The number of amides is 1. The second kappa shape index (κ2) is 7.88. The van der Waals surface area contributed by atoms with Gasteiger partial charge in [-0.15, -0.1) is 6.58 Å². The Kier molecular flexibility index (Phi) is 5.60. The summed E-state index contributed by atoms with van der Waals surface area (Å²) in [4.78, 5) is 13.5. The fourth-order valence-electron chi connectivity index (χ4n) is 2.08. The molecule has 0 aromatic heterocycles. The van der Waals surface area contributed by atoms with Gasteiger partial charge in [0.2, 0.25) is 0 Å². The van der Waals surface area contributed by atoms with E-state index in [4.69, 9.17) is 9.47 Å². The van der Waals surface area contributed by atoms with Crippen LogP contribution in [0.5, 0.6) is 5.75 Å². The molecule has 0 bridgehead atoms. The first kappa shape index (κ1) is 15.6. The Balaban J connectivity index is 2.21. The average Bonchev–Trinajstić information content (AvgIpc) is 2.58. The van der Waals surface area contributed by atoms with Crippen molar-refractivity contribution in [3.63, 3.8) is 0 Å². The number of ether oxygens (including phenoxy) is 2. The molecule has 0 aliphatic rings. The van der Waals surface area contributed by atoms with Crippen LogP contribution < -0.4 is 9.64 Å². The topological polar surface area (TPSA) is 38.8 Å². The summed E-state index contributed by atoms with van der Waals surface area (Å²) in [6, 6.07) is 17.1. The lowest BCUT2D eigenvalue weighted by Gasteiger charge is -2.22. The highest BCUT2D eigenvalue weighted by atomic mass is 16.5. The number of carbonyl (C=O) groups excluding carboxylic acids is 1. The van der Waals surface area contributed by atoms with Crippen molar-refractivity contribution in [1.29, 1.82) is 0 Å². The van der Waals surface area contributed by atoms with Crippen LogP contribution in [0.3, 0.4) is 0 Å². The number of hydrogen-bond donors (Lipinski definition) is 0. The molecular weight excluding hydrogens is 278 g/mol. The summed E-state index contributed by atoms with van der Waals surface area (Å²) < 4.78 is 10.6. The number of carbonyl (C=O) groups is 1.